The highest BCUT2D eigenvalue weighted by Crippen LogP contribution is 2.34. The topological polar surface area (TPSA) is 57.9 Å². The number of carbonyl (C=O) groups is 2. The Morgan fingerprint density at radius 2 is 1.38 bits per heavy atom. The normalized spacial score (nSPS) is 9.93. The van der Waals surface area contributed by atoms with Crippen molar-refractivity contribution >= 4 is 35.5 Å². The molecule has 0 amide bonds. The fourth-order valence-electron chi connectivity index (χ4n) is 2.89. The molecular formula is C24H21NO2S2. The first kappa shape index (κ1) is 22.5. The number of carbonyl (C=O) groups excluding carboxylic acids is 2. The Morgan fingerprint density at radius 3 is 1.79 bits per heavy atom. The molecule has 3 aromatic carbocycles. The number of hydrogen-bond acceptors (Lipinski definition) is 3. The summed E-state index contributed by atoms with van der Waals surface area (Å²) < 4.78 is 0. The Kier molecular flexibility index (Phi) is 8.26. The fourth-order valence-corrected chi connectivity index (χ4v) is 3.23. The Balaban J connectivity index is 0.000000278. The highest BCUT2D eigenvalue weighted by atomic mass is 32.1. The molecule has 0 heterocycles. The third-order valence-electron chi connectivity index (χ3n) is 4.28. The number of benzene rings is 3. The van der Waals surface area contributed by atoms with Gasteiger partial charge in [-0.25, -0.2) is 0 Å². The summed E-state index contributed by atoms with van der Waals surface area (Å²) in [5, 5.41) is 8.91. The third kappa shape index (κ3) is 5.83. The second-order valence-corrected chi connectivity index (χ2v) is 7.37. The van der Waals surface area contributed by atoms with Crippen LogP contribution in [0.5, 0.6) is 0 Å². The molecule has 0 saturated heterocycles. The number of nitrogens with zero attached hydrogens (tertiary/aromatic N) is 1. The van der Waals surface area contributed by atoms with E-state index in [1.165, 1.54) is 0 Å². The van der Waals surface area contributed by atoms with Gasteiger partial charge in [0.25, 0.3) is 0 Å². The maximum absolute atomic E-state index is 11.6. The summed E-state index contributed by atoms with van der Waals surface area (Å²) in [4.78, 5) is 22.1. The van der Waals surface area contributed by atoms with Crippen LogP contribution in [0.2, 0.25) is 0 Å². The van der Waals surface area contributed by atoms with Crippen molar-refractivity contribution in [2.45, 2.75) is 19.8 Å². The molecule has 5 heteroatoms. The Morgan fingerprint density at radius 1 is 0.828 bits per heavy atom. The van der Waals surface area contributed by atoms with Crippen LogP contribution in [-0.4, -0.2) is 10.2 Å². The molecule has 3 nitrogen and oxygen atoms in total. The maximum Gasteiger partial charge on any atom is 0.217 e. The zero-order valence-corrected chi connectivity index (χ0v) is 18.0. The highest BCUT2D eigenvalue weighted by Gasteiger charge is 2.19. The van der Waals surface area contributed by atoms with Crippen molar-refractivity contribution in [2.75, 3.05) is 0 Å². The van der Waals surface area contributed by atoms with E-state index in [-0.39, 0.29) is 16.1 Å². The van der Waals surface area contributed by atoms with Crippen molar-refractivity contribution in [3.05, 3.63) is 95.1 Å². The predicted molar refractivity (Wildman–Crippen MR) is 124 cm³/mol. The predicted octanol–water partition coefficient (Wildman–Crippen LogP) is 6.18. The highest BCUT2D eigenvalue weighted by molar-refractivity contribution is 7.97. The lowest BCUT2D eigenvalue weighted by Crippen LogP contribution is -2.02. The first-order valence-corrected chi connectivity index (χ1v) is 9.90. The van der Waals surface area contributed by atoms with E-state index in [0.29, 0.717) is 16.7 Å². The molecule has 0 unspecified atom stereocenters. The Hall–Kier alpha value is -2.81. The second-order valence-electron chi connectivity index (χ2n) is 6.56. The lowest BCUT2D eigenvalue weighted by Gasteiger charge is -2.16. The summed E-state index contributed by atoms with van der Waals surface area (Å²) >= 11 is 7.52. The van der Waals surface area contributed by atoms with E-state index in [1.54, 1.807) is 18.2 Å². The van der Waals surface area contributed by atoms with Gasteiger partial charge < -0.3 is 0 Å². The van der Waals surface area contributed by atoms with Crippen LogP contribution in [0.1, 0.15) is 51.6 Å². The molecule has 0 saturated carbocycles. The average molecular weight is 420 g/mol. The zero-order chi connectivity index (χ0) is 21.4. The van der Waals surface area contributed by atoms with Crippen molar-refractivity contribution < 1.29 is 9.59 Å². The van der Waals surface area contributed by atoms with Crippen molar-refractivity contribution in [2.24, 2.45) is 0 Å². The molecule has 0 spiro atoms. The average Bonchev–Trinajstić information content (AvgIpc) is 2.74. The van der Waals surface area contributed by atoms with Crippen molar-refractivity contribution in [1.29, 1.82) is 5.26 Å². The van der Waals surface area contributed by atoms with Crippen LogP contribution < -0.4 is 0 Å². The maximum atomic E-state index is 11.6. The van der Waals surface area contributed by atoms with Crippen LogP contribution in [0, 0.1) is 11.3 Å². The molecule has 3 aromatic rings. The summed E-state index contributed by atoms with van der Waals surface area (Å²) in [6.45, 7) is 4.15. The smallest absolute Gasteiger partial charge is 0.217 e. The first-order valence-electron chi connectivity index (χ1n) is 9.00. The molecule has 0 aliphatic rings. The van der Waals surface area contributed by atoms with Crippen LogP contribution >= 0.6 is 25.3 Å². The minimum absolute atomic E-state index is 0.185. The molecule has 0 aliphatic heterocycles. The van der Waals surface area contributed by atoms with Gasteiger partial charge in [-0.05, 0) is 23.1 Å². The molecule has 0 bridgehead atoms. The number of hydrogen-bond donors (Lipinski definition) is 2. The van der Waals surface area contributed by atoms with Gasteiger partial charge in [0.1, 0.15) is 6.07 Å². The fraction of sp³-hybridized carbons (Fsp3) is 0.125. The molecule has 0 N–H and O–H groups in total. The molecule has 0 aromatic heterocycles. The van der Waals surface area contributed by atoms with Crippen LogP contribution in [0.3, 0.4) is 0 Å². The minimum Gasteiger partial charge on any atom is -0.282 e. The summed E-state index contributed by atoms with van der Waals surface area (Å²) in [7, 11) is 0. The van der Waals surface area contributed by atoms with Crippen molar-refractivity contribution in [3.63, 3.8) is 0 Å². The molecule has 146 valence electrons. The van der Waals surface area contributed by atoms with Crippen molar-refractivity contribution in [3.8, 4) is 17.2 Å². The molecule has 0 fully saturated rings. The van der Waals surface area contributed by atoms with Gasteiger partial charge in [0.05, 0.1) is 5.56 Å². The largest absolute Gasteiger partial charge is 0.282 e. The first-order chi connectivity index (χ1) is 13.9. The van der Waals surface area contributed by atoms with Gasteiger partial charge in [-0.3, -0.25) is 9.59 Å². The van der Waals surface area contributed by atoms with Gasteiger partial charge >= 0.3 is 0 Å². The van der Waals surface area contributed by atoms with Crippen molar-refractivity contribution in [1.82, 2.24) is 0 Å². The standard InChI is InChI=1S/C17H15NOS.C7H6OS/c1-11(2)13-8-9-14(17(19)20)15(10-18)16(13)12-6-4-3-5-7-12;8-7(9)6-4-2-1-3-5-6/h3-9,11H,1-2H3,(H,19,20);1-5H,(H,8,9). The van der Waals surface area contributed by atoms with Gasteiger partial charge in [-0.2, -0.15) is 5.26 Å². The van der Waals surface area contributed by atoms with Crippen LogP contribution in [0.4, 0.5) is 0 Å². The Labute approximate surface area is 182 Å². The summed E-state index contributed by atoms with van der Waals surface area (Å²) in [5.41, 5.74) is 4.25. The van der Waals surface area contributed by atoms with Crippen LogP contribution in [0.25, 0.3) is 11.1 Å². The van der Waals surface area contributed by atoms with Gasteiger partial charge in [0.2, 0.25) is 10.2 Å². The van der Waals surface area contributed by atoms with E-state index in [1.807, 2.05) is 54.6 Å². The molecule has 3 rings (SSSR count). The number of thiol groups is 2. The molecule has 29 heavy (non-hydrogen) atoms. The minimum atomic E-state index is -0.381. The molecular weight excluding hydrogens is 398 g/mol. The van der Waals surface area contributed by atoms with E-state index in [4.69, 9.17) is 0 Å². The molecule has 0 radical (unpaired) electrons. The lowest BCUT2D eigenvalue weighted by atomic mass is 9.87. The summed E-state index contributed by atoms with van der Waals surface area (Å²) in [5.74, 6) is 0.265. The van der Waals surface area contributed by atoms with Gasteiger partial charge in [-0.1, -0.05) is 80.6 Å². The summed E-state index contributed by atoms with van der Waals surface area (Å²) in [6.07, 6.45) is 0. The quantitative estimate of drug-likeness (QED) is 0.497. The van der Waals surface area contributed by atoms with E-state index in [0.717, 1.165) is 16.7 Å². The number of rotatable bonds is 4. The molecule has 0 atom stereocenters. The van der Waals surface area contributed by atoms with Crippen LogP contribution in [0.15, 0.2) is 72.8 Å². The monoisotopic (exact) mass is 419 g/mol. The van der Waals surface area contributed by atoms with Gasteiger partial charge in [-0.15, -0.1) is 25.3 Å². The van der Waals surface area contributed by atoms with Crippen LogP contribution in [-0.2, 0) is 0 Å². The van der Waals surface area contributed by atoms with E-state index in [2.05, 4.69) is 45.2 Å². The van der Waals surface area contributed by atoms with E-state index < -0.39 is 0 Å². The van der Waals surface area contributed by atoms with E-state index >= 15 is 0 Å². The Bertz CT molecular complexity index is 1040. The summed E-state index contributed by atoms with van der Waals surface area (Å²) in [6, 6.07) is 24.4. The molecule has 0 aliphatic carbocycles. The lowest BCUT2D eigenvalue weighted by molar-refractivity contribution is 0.108. The van der Waals surface area contributed by atoms with Gasteiger partial charge in [0, 0.05) is 16.7 Å². The zero-order valence-electron chi connectivity index (χ0n) is 16.2. The van der Waals surface area contributed by atoms with E-state index in [9.17, 15) is 14.9 Å². The SMILES string of the molecule is CC(C)c1ccc(C(=O)S)c(C#N)c1-c1ccccc1.O=C(S)c1ccccc1. The number of nitriles is 1. The second kappa shape index (κ2) is 10.7. The van der Waals surface area contributed by atoms with Gasteiger partial charge in [0.15, 0.2) is 0 Å². The third-order valence-corrected chi connectivity index (χ3v) is 4.78.